The molecule has 194 valence electrons. The Bertz CT molecular complexity index is 1520. The summed E-state index contributed by atoms with van der Waals surface area (Å²) in [4.78, 5) is 30.1. The van der Waals surface area contributed by atoms with Crippen molar-refractivity contribution >= 4 is 34.6 Å². The van der Waals surface area contributed by atoms with Crippen LogP contribution in [0.25, 0.3) is 0 Å². The maximum atomic E-state index is 13.9. The molecule has 10 heteroatoms. The van der Waals surface area contributed by atoms with Gasteiger partial charge in [-0.2, -0.15) is 13.2 Å². The standard InChI is InChI=1S/C28H22F4N4O2/c1-16-7-3-5-9-21(16)34-25-15-33-24(27(38)35-22-10-6-4-8-17(22)2)14-23(25)36-26(37)18-11-19(28(30,31)32)13-20(29)12-18/h3-15,34H,1-2H3,(H,35,38)(H,33,36,37). The lowest BCUT2D eigenvalue weighted by molar-refractivity contribution is -0.137. The van der Waals surface area contributed by atoms with E-state index < -0.39 is 34.9 Å². The molecule has 1 heterocycles. The Morgan fingerprint density at radius 3 is 1.97 bits per heavy atom. The van der Waals surface area contributed by atoms with E-state index in [-0.39, 0.29) is 17.1 Å². The third kappa shape index (κ3) is 6.15. The minimum absolute atomic E-state index is 0.0565. The first kappa shape index (κ1) is 26.3. The average Bonchev–Trinajstić information content (AvgIpc) is 2.86. The number of nitrogens with zero attached hydrogens (tertiary/aromatic N) is 1. The number of rotatable bonds is 6. The van der Waals surface area contributed by atoms with Crippen LogP contribution in [0.5, 0.6) is 0 Å². The van der Waals surface area contributed by atoms with Gasteiger partial charge in [-0.25, -0.2) is 9.37 Å². The number of aryl methyl sites for hydroxylation is 2. The summed E-state index contributed by atoms with van der Waals surface area (Å²) >= 11 is 0. The second-order valence-electron chi connectivity index (χ2n) is 8.50. The lowest BCUT2D eigenvalue weighted by atomic mass is 10.1. The van der Waals surface area contributed by atoms with E-state index in [9.17, 15) is 27.2 Å². The summed E-state index contributed by atoms with van der Waals surface area (Å²) in [5, 5.41) is 8.33. The molecule has 6 nitrogen and oxygen atoms in total. The number of para-hydroxylation sites is 2. The number of amides is 2. The van der Waals surface area contributed by atoms with Crippen LogP contribution < -0.4 is 16.0 Å². The first-order valence-electron chi connectivity index (χ1n) is 11.4. The van der Waals surface area contributed by atoms with Crippen LogP contribution in [0.1, 0.15) is 37.5 Å². The maximum Gasteiger partial charge on any atom is 0.416 e. The van der Waals surface area contributed by atoms with Crippen molar-refractivity contribution in [2.24, 2.45) is 0 Å². The number of hydrogen-bond acceptors (Lipinski definition) is 4. The Kier molecular flexibility index (Phi) is 7.43. The molecule has 0 atom stereocenters. The highest BCUT2D eigenvalue weighted by atomic mass is 19.4. The molecule has 0 aliphatic heterocycles. The summed E-state index contributed by atoms with van der Waals surface area (Å²) in [6.07, 6.45) is -3.52. The van der Waals surface area contributed by atoms with E-state index in [0.717, 1.165) is 11.1 Å². The molecule has 3 N–H and O–H groups in total. The minimum Gasteiger partial charge on any atom is -0.352 e. The molecule has 0 fully saturated rings. The number of nitrogens with one attached hydrogen (secondary N) is 3. The van der Waals surface area contributed by atoms with Crippen LogP contribution in [-0.2, 0) is 6.18 Å². The highest BCUT2D eigenvalue weighted by Gasteiger charge is 2.32. The Labute approximate surface area is 215 Å². The van der Waals surface area contributed by atoms with E-state index in [2.05, 4.69) is 20.9 Å². The minimum atomic E-state index is -4.84. The third-order valence-electron chi connectivity index (χ3n) is 5.68. The van der Waals surface area contributed by atoms with Crippen LogP contribution in [0.3, 0.4) is 0 Å². The van der Waals surface area contributed by atoms with Crippen molar-refractivity contribution in [3.05, 3.63) is 113 Å². The molecule has 3 aromatic carbocycles. The lowest BCUT2D eigenvalue weighted by Gasteiger charge is -2.16. The number of halogens is 4. The number of pyridine rings is 1. The zero-order valence-corrected chi connectivity index (χ0v) is 20.3. The van der Waals surface area contributed by atoms with E-state index >= 15 is 0 Å². The second-order valence-corrected chi connectivity index (χ2v) is 8.50. The van der Waals surface area contributed by atoms with Gasteiger partial charge in [0, 0.05) is 16.9 Å². The van der Waals surface area contributed by atoms with Gasteiger partial charge in [0.15, 0.2) is 0 Å². The zero-order chi connectivity index (χ0) is 27.4. The van der Waals surface area contributed by atoms with Crippen LogP contribution in [0.2, 0.25) is 0 Å². The van der Waals surface area contributed by atoms with Crippen molar-refractivity contribution < 1.29 is 27.2 Å². The number of carbonyl (C=O) groups excluding carboxylic acids is 2. The number of carbonyl (C=O) groups is 2. The quantitative estimate of drug-likeness (QED) is 0.236. The summed E-state index contributed by atoms with van der Waals surface area (Å²) in [5.74, 6) is -2.78. The Balaban J connectivity index is 1.70. The highest BCUT2D eigenvalue weighted by Crippen LogP contribution is 2.32. The number of benzene rings is 3. The smallest absolute Gasteiger partial charge is 0.352 e. The fraction of sp³-hybridized carbons (Fsp3) is 0.107. The summed E-state index contributed by atoms with van der Waals surface area (Å²) in [7, 11) is 0. The van der Waals surface area contributed by atoms with Gasteiger partial charge < -0.3 is 16.0 Å². The maximum absolute atomic E-state index is 13.9. The van der Waals surface area contributed by atoms with Crippen molar-refractivity contribution in [2.75, 3.05) is 16.0 Å². The predicted octanol–water partition coefficient (Wildman–Crippen LogP) is 7.10. The van der Waals surface area contributed by atoms with Gasteiger partial charge in [0.2, 0.25) is 0 Å². The normalized spacial score (nSPS) is 11.1. The molecule has 0 saturated carbocycles. The van der Waals surface area contributed by atoms with Crippen LogP contribution >= 0.6 is 0 Å². The van der Waals surface area contributed by atoms with Crippen molar-refractivity contribution in [3.8, 4) is 0 Å². The zero-order valence-electron chi connectivity index (χ0n) is 20.3. The predicted molar refractivity (Wildman–Crippen MR) is 137 cm³/mol. The molecule has 0 aliphatic rings. The molecule has 0 saturated heterocycles. The lowest BCUT2D eigenvalue weighted by Crippen LogP contribution is -2.18. The molecule has 0 aliphatic carbocycles. The summed E-state index contributed by atoms with van der Waals surface area (Å²) in [6, 6.07) is 17.2. The topological polar surface area (TPSA) is 83.1 Å². The van der Waals surface area contributed by atoms with Gasteiger partial charge in [-0.3, -0.25) is 9.59 Å². The van der Waals surface area contributed by atoms with Crippen LogP contribution in [0, 0.1) is 19.7 Å². The van der Waals surface area contributed by atoms with Crippen molar-refractivity contribution in [3.63, 3.8) is 0 Å². The summed E-state index contributed by atoms with van der Waals surface area (Å²) in [6.45, 7) is 3.67. The third-order valence-corrected chi connectivity index (χ3v) is 5.68. The summed E-state index contributed by atoms with van der Waals surface area (Å²) in [5.41, 5.74) is 1.35. The highest BCUT2D eigenvalue weighted by molar-refractivity contribution is 6.08. The van der Waals surface area contributed by atoms with Crippen molar-refractivity contribution in [1.82, 2.24) is 4.98 Å². The first-order chi connectivity index (χ1) is 18.0. The van der Waals surface area contributed by atoms with Crippen molar-refractivity contribution in [1.29, 1.82) is 0 Å². The molecule has 1 aromatic heterocycles. The molecule has 38 heavy (non-hydrogen) atoms. The van der Waals surface area contributed by atoms with Gasteiger partial charge in [0.1, 0.15) is 11.5 Å². The molecule has 0 bridgehead atoms. The molecule has 0 radical (unpaired) electrons. The van der Waals surface area contributed by atoms with Gasteiger partial charge in [0.25, 0.3) is 11.8 Å². The Morgan fingerprint density at radius 2 is 1.34 bits per heavy atom. The number of hydrogen-bond donors (Lipinski definition) is 3. The number of anilines is 4. The van der Waals surface area contributed by atoms with Crippen molar-refractivity contribution in [2.45, 2.75) is 20.0 Å². The van der Waals surface area contributed by atoms with E-state index in [0.29, 0.717) is 29.6 Å². The fourth-order valence-electron chi connectivity index (χ4n) is 3.62. The first-order valence-corrected chi connectivity index (χ1v) is 11.4. The van der Waals surface area contributed by atoms with Gasteiger partial charge in [-0.1, -0.05) is 36.4 Å². The summed E-state index contributed by atoms with van der Waals surface area (Å²) < 4.78 is 53.4. The molecular formula is C28H22F4N4O2. The van der Waals surface area contributed by atoms with E-state index in [1.54, 1.807) is 24.3 Å². The van der Waals surface area contributed by atoms with Gasteiger partial charge in [-0.15, -0.1) is 0 Å². The second kappa shape index (κ2) is 10.7. The van der Waals surface area contributed by atoms with Crippen LogP contribution in [0.4, 0.5) is 40.3 Å². The monoisotopic (exact) mass is 522 g/mol. The van der Waals surface area contributed by atoms with Gasteiger partial charge in [-0.05, 0) is 61.4 Å². The largest absolute Gasteiger partial charge is 0.416 e. The van der Waals surface area contributed by atoms with Gasteiger partial charge >= 0.3 is 6.18 Å². The molecule has 4 rings (SSSR count). The number of alkyl halides is 3. The number of aromatic nitrogens is 1. The van der Waals surface area contributed by atoms with E-state index in [1.165, 1.54) is 12.3 Å². The average molecular weight is 523 g/mol. The molecule has 0 unspecified atom stereocenters. The molecule has 2 amide bonds. The molecule has 0 spiro atoms. The Morgan fingerprint density at radius 1 is 0.737 bits per heavy atom. The Hall–Kier alpha value is -4.73. The fourth-order valence-corrected chi connectivity index (χ4v) is 3.62. The SMILES string of the molecule is Cc1ccccc1NC(=O)c1cc(NC(=O)c2cc(F)cc(C(F)(F)F)c2)c(Nc2ccccc2C)cn1. The van der Waals surface area contributed by atoms with E-state index in [4.69, 9.17) is 0 Å². The van der Waals surface area contributed by atoms with Crippen LogP contribution in [0.15, 0.2) is 79.0 Å². The molecule has 4 aromatic rings. The molecular weight excluding hydrogens is 500 g/mol. The van der Waals surface area contributed by atoms with Crippen LogP contribution in [-0.4, -0.2) is 16.8 Å². The van der Waals surface area contributed by atoms with E-state index in [1.807, 2.05) is 38.1 Å². The van der Waals surface area contributed by atoms with Gasteiger partial charge in [0.05, 0.1) is 23.1 Å².